The minimum absolute atomic E-state index is 0.0471. The Morgan fingerprint density at radius 1 is 1.18 bits per heavy atom. The summed E-state index contributed by atoms with van der Waals surface area (Å²) in [6, 6.07) is 7.21. The van der Waals surface area contributed by atoms with Crippen molar-refractivity contribution >= 4 is 17.5 Å². The lowest BCUT2D eigenvalue weighted by Crippen LogP contribution is -2.25. The van der Waals surface area contributed by atoms with Gasteiger partial charge in [-0.15, -0.1) is 5.10 Å². The first-order valence-electron chi connectivity index (χ1n) is 12.4. The average molecular weight is 523 g/mol. The second kappa shape index (κ2) is 10.6. The molecule has 0 spiro atoms. The van der Waals surface area contributed by atoms with E-state index in [2.05, 4.69) is 20.4 Å². The predicted octanol–water partition coefficient (Wildman–Crippen LogP) is 4.47. The molecule has 1 aromatic carbocycles. The first-order valence-corrected chi connectivity index (χ1v) is 12.4. The van der Waals surface area contributed by atoms with Gasteiger partial charge in [0.1, 0.15) is 11.4 Å². The summed E-state index contributed by atoms with van der Waals surface area (Å²) in [5.41, 5.74) is 8.67. The number of nitrogens with zero attached hydrogens (tertiary/aromatic N) is 4. The van der Waals surface area contributed by atoms with Gasteiger partial charge in [-0.25, -0.2) is 18.3 Å². The Bertz CT molecular complexity index is 1500. The number of nitrogens with one attached hydrogen (secondary N) is 1. The summed E-state index contributed by atoms with van der Waals surface area (Å²) >= 11 is 0. The van der Waals surface area contributed by atoms with Gasteiger partial charge in [0, 0.05) is 35.6 Å². The molecule has 3 aromatic heterocycles. The minimum atomic E-state index is -0.798. The highest BCUT2D eigenvalue weighted by atomic mass is 19.1. The van der Waals surface area contributed by atoms with Crippen molar-refractivity contribution in [3.8, 4) is 22.8 Å². The fourth-order valence-electron chi connectivity index (χ4n) is 4.82. The fourth-order valence-corrected chi connectivity index (χ4v) is 4.82. The highest BCUT2D eigenvalue weighted by Crippen LogP contribution is 2.31. The third-order valence-electron chi connectivity index (χ3n) is 6.74. The van der Waals surface area contributed by atoms with Gasteiger partial charge in [-0.05, 0) is 55.5 Å². The number of pyridine rings is 2. The van der Waals surface area contributed by atoms with E-state index >= 15 is 0 Å². The van der Waals surface area contributed by atoms with E-state index in [0.717, 1.165) is 37.3 Å². The zero-order valence-corrected chi connectivity index (χ0v) is 21.1. The van der Waals surface area contributed by atoms with E-state index < -0.39 is 17.5 Å². The monoisotopic (exact) mass is 522 g/mol. The molecule has 4 aromatic rings. The van der Waals surface area contributed by atoms with Crippen molar-refractivity contribution in [3.63, 3.8) is 0 Å². The molecule has 0 aliphatic heterocycles. The molecule has 1 amide bonds. The van der Waals surface area contributed by atoms with Crippen LogP contribution < -0.4 is 20.5 Å². The molecule has 1 saturated carbocycles. The van der Waals surface area contributed by atoms with Gasteiger partial charge in [0.2, 0.25) is 11.8 Å². The molecule has 11 heteroatoms. The Labute approximate surface area is 218 Å². The summed E-state index contributed by atoms with van der Waals surface area (Å²) in [6.45, 7) is 2.00. The molecular weight excluding hydrogens is 494 g/mol. The number of amides is 1. The lowest BCUT2D eigenvalue weighted by Gasteiger charge is -2.17. The molecule has 3 N–H and O–H groups in total. The summed E-state index contributed by atoms with van der Waals surface area (Å²) in [5.74, 6) is -1.50. The van der Waals surface area contributed by atoms with Crippen LogP contribution in [-0.4, -0.2) is 39.2 Å². The van der Waals surface area contributed by atoms with Crippen LogP contribution in [0.3, 0.4) is 0 Å². The second-order valence-corrected chi connectivity index (χ2v) is 9.39. The van der Waals surface area contributed by atoms with Crippen LogP contribution in [0.25, 0.3) is 16.8 Å². The summed E-state index contributed by atoms with van der Waals surface area (Å²) in [5, 5.41) is 6.80. The normalized spacial score (nSPS) is 13.7. The number of aromatic nitrogens is 4. The zero-order chi connectivity index (χ0) is 26.8. The molecule has 0 bridgehead atoms. The highest BCUT2D eigenvalue weighted by Gasteiger charge is 2.21. The molecule has 198 valence electrons. The Balaban J connectivity index is 1.40. The molecule has 3 heterocycles. The lowest BCUT2D eigenvalue weighted by atomic mass is 10.0. The van der Waals surface area contributed by atoms with Crippen LogP contribution in [-0.2, 0) is 6.54 Å². The van der Waals surface area contributed by atoms with Crippen LogP contribution in [0.2, 0.25) is 0 Å². The number of carbonyl (C=O) groups is 1. The molecule has 1 aliphatic rings. The van der Waals surface area contributed by atoms with Gasteiger partial charge in [0.05, 0.1) is 13.7 Å². The number of nitrogen functional groups attached to an aromatic ring is 1. The molecule has 0 radical (unpaired) electrons. The number of rotatable bonds is 8. The van der Waals surface area contributed by atoms with Crippen LogP contribution in [0.4, 0.5) is 14.7 Å². The topological polar surface area (TPSA) is 117 Å². The molecule has 1 aliphatic carbocycles. The number of anilines is 1. The summed E-state index contributed by atoms with van der Waals surface area (Å²) in [6.07, 6.45) is 6.00. The van der Waals surface area contributed by atoms with Gasteiger partial charge >= 0.3 is 0 Å². The quantitative estimate of drug-likeness (QED) is 0.351. The summed E-state index contributed by atoms with van der Waals surface area (Å²) in [4.78, 5) is 21.9. The van der Waals surface area contributed by atoms with E-state index in [1.165, 1.54) is 13.2 Å². The van der Waals surface area contributed by atoms with Gasteiger partial charge in [-0.3, -0.25) is 4.79 Å². The van der Waals surface area contributed by atoms with Crippen molar-refractivity contribution in [3.05, 3.63) is 65.0 Å². The molecule has 0 unspecified atom stereocenters. The molecule has 0 saturated heterocycles. The van der Waals surface area contributed by atoms with Crippen molar-refractivity contribution in [2.75, 3.05) is 19.5 Å². The molecule has 0 atom stereocenters. The third-order valence-corrected chi connectivity index (χ3v) is 6.74. The molecule has 9 nitrogen and oxygen atoms in total. The number of halogens is 2. The van der Waals surface area contributed by atoms with Crippen molar-refractivity contribution in [2.24, 2.45) is 5.92 Å². The van der Waals surface area contributed by atoms with E-state index in [-0.39, 0.29) is 35.2 Å². The van der Waals surface area contributed by atoms with Crippen molar-refractivity contribution in [1.82, 2.24) is 24.9 Å². The van der Waals surface area contributed by atoms with Gasteiger partial charge < -0.3 is 20.5 Å². The standard InChI is InChI=1S/C27H28F2N6O3/c1-15-20(17-7-8-35-23(10-17)33-27(30)34-35)12-21(26(32-15)37-2)25(36)31-13-18-9-19(28)11-22(29)24(18)38-14-16-5-3-4-6-16/h7-12,16H,3-6,13-14H2,1-2H3,(H2,30,34)(H,31,36). The van der Waals surface area contributed by atoms with Gasteiger partial charge in [0.25, 0.3) is 5.91 Å². The maximum Gasteiger partial charge on any atom is 0.257 e. The van der Waals surface area contributed by atoms with Gasteiger partial charge in [0.15, 0.2) is 17.2 Å². The Hall–Kier alpha value is -4.28. The van der Waals surface area contributed by atoms with E-state index in [1.54, 1.807) is 29.8 Å². The smallest absolute Gasteiger partial charge is 0.257 e. The number of aryl methyl sites for hydroxylation is 1. The Kier molecular flexibility index (Phi) is 7.08. The van der Waals surface area contributed by atoms with Crippen molar-refractivity contribution in [1.29, 1.82) is 0 Å². The van der Waals surface area contributed by atoms with E-state index in [9.17, 15) is 13.6 Å². The number of benzene rings is 1. The van der Waals surface area contributed by atoms with Crippen LogP contribution in [0.5, 0.6) is 11.6 Å². The number of hydrogen-bond donors (Lipinski definition) is 2. The van der Waals surface area contributed by atoms with Crippen LogP contribution in [0, 0.1) is 24.5 Å². The van der Waals surface area contributed by atoms with E-state index in [0.29, 0.717) is 29.4 Å². The van der Waals surface area contributed by atoms with Gasteiger partial charge in [-0.1, -0.05) is 12.8 Å². The lowest BCUT2D eigenvalue weighted by molar-refractivity contribution is 0.0946. The zero-order valence-electron chi connectivity index (χ0n) is 21.1. The Morgan fingerprint density at radius 3 is 2.74 bits per heavy atom. The number of nitrogens with two attached hydrogens (primary N) is 1. The summed E-state index contributed by atoms with van der Waals surface area (Å²) < 4.78 is 41.4. The number of hydrogen-bond acceptors (Lipinski definition) is 7. The highest BCUT2D eigenvalue weighted by molar-refractivity contribution is 5.97. The predicted molar refractivity (Wildman–Crippen MR) is 137 cm³/mol. The van der Waals surface area contributed by atoms with Crippen LogP contribution in [0.15, 0.2) is 36.5 Å². The molecular formula is C27H28F2N6O3. The third kappa shape index (κ3) is 5.22. The average Bonchev–Trinajstić information content (AvgIpc) is 3.54. The number of carbonyl (C=O) groups excluding carboxylic acids is 1. The van der Waals surface area contributed by atoms with Crippen LogP contribution in [0.1, 0.15) is 47.3 Å². The number of methoxy groups -OCH3 is 1. The SMILES string of the molecule is COc1nc(C)c(-c2ccn3nc(N)nc3c2)cc1C(=O)NCc1cc(F)cc(F)c1OCC1CCCC1. The molecule has 5 rings (SSSR count). The first-order chi connectivity index (χ1) is 18.3. The van der Waals surface area contributed by atoms with Crippen molar-refractivity contribution < 1.29 is 23.0 Å². The largest absolute Gasteiger partial charge is 0.490 e. The van der Waals surface area contributed by atoms with E-state index in [4.69, 9.17) is 15.2 Å². The minimum Gasteiger partial charge on any atom is -0.490 e. The number of fused-ring (bicyclic) bond motifs is 1. The molecule has 1 fully saturated rings. The van der Waals surface area contributed by atoms with Crippen LogP contribution >= 0.6 is 0 Å². The molecule has 38 heavy (non-hydrogen) atoms. The maximum absolute atomic E-state index is 14.6. The Morgan fingerprint density at radius 2 is 1.97 bits per heavy atom. The second-order valence-electron chi connectivity index (χ2n) is 9.39. The summed E-state index contributed by atoms with van der Waals surface area (Å²) in [7, 11) is 1.42. The van der Waals surface area contributed by atoms with E-state index in [1.807, 2.05) is 6.07 Å². The maximum atomic E-state index is 14.6. The fraction of sp³-hybridized carbons (Fsp3) is 0.333. The first kappa shape index (κ1) is 25.4. The van der Waals surface area contributed by atoms with Crippen molar-refractivity contribution in [2.45, 2.75) is 39.2 Å². The number of ether oxygens (including phenoxy) is 2. The van der Waals surface area contributed by atoms with Gasteiger partial charge in [-0.2, -0.15) is 4.98 Å².